The van der Waals surface area contributed by atoms with Crippen LogP contribution >= 0.6 is 0 Å². The zero-order valence-corrected chi connectivity index (χ0v) is 23.3. The van der Waals surface area contributed by atoms with E-state index >= 15 is 0 Å². The Balaban J connectivity index is 1.48. The summed E-state index contributed by atoms with van der Waals surface area (Å²) in [6, 6.07) is 29.3. The Morgan fingerprint density at radius 1 is 0.800 bits per heavy atom. The maximum absolute atomic E-state index is 13.5. The summed E-state index contributed by atoms with van der Waals surface area (Å²) >= 11 is 0. The monoisotopic (exact) mass is 554 g/mol. The first-order valence-corrected chi connectivity index (χ1v) is 14.0. The maximum atomic E-state index is 13.5. The number of rotatable bonds is 9. The van der Waals surface area contributed by atoms with Gasteiger partial charge in [-0.2, -0.15) is 5.10 Å². The number of amides is 2. The van der Waals surface area contributed by atoms with Crippen LogP contribution in [-0.4, -0.2) is 32.5 Å². The Morgan fingerprint density at radius 2 is 1.43 bits per heavy atom. The summed E-state index contributed by atoms with van der Waals surface area (Å²) in [6.07, 6.45) is 0. The van der Waals surface area contributed by atoms with E-state index in [0.29, 0.717) is 22.6 Å². The highest BCUT2D eigenvalue weighted by atomic mass is 32.2. The van der Waals surface area contributed by atoms with Gasteiger partial charge < -0.3 is 5.32 Å². The molecule has 4 aromatic carbocycles. The van der Waals surface area contributed by atoms with E-state index < -0.39 is 22.5 Å². The Bertz CT molecular complexity index is 1640. The minimum absolute atomic E-state index is 0.0851. The van der Waals surface area contributed by atoms with Gasteiger partial charge in [0.25, 0.3) is 21.8 Å². The van der Waals surface area contributed by atoms with E-state index in [4.69, 9.17) is 0 Å². The van der Waals surface area contributed by atoms with Crippen LogP contribution < -0.4 is 15.0 Å². The van der Waals surface area contributed by atoms with Crippen LogP contribution in [0.4, 0.5) is 11.4 Å². The summed E-state index contributed by atoms with van der Waals surface area (Å²) in [4.78, 5) is 25.4. The molecule has 0 aliphatic heterocycles. The van der Waals surface area contributed by atoms with Gasteiger partial charge in [-0.3, -0.25) is 13.9 Å². The lowest BCUT2D eigenvalue weighted by Crippen LogP contribution is -2.40. The van der Waals surface area contributed by atoms with Crippen LogP contribution in [0.15, 0.2) is 113 Å². The van der Waals surface area contributed by atoms with Crippen molar-refractivity contribution in [3.05, 3.63) is 125 Å². The summed E-state index contributed by atoms with van der Waals surface area (Å²) in [6.45, 7) is 4.99. The van der Waals surface area contributed by atoms with Gasteiger partial charge in [0.1, 0.15) is 6.54 Å². The number of aryl methyl sites for hydroxylation is 2. The van der Waals surface area contributed by atoms with E-state index in [0.717, 1.165) is 21.0 Å². The van der Waals surface area contributed by atoms with Crippen molar-refractivity contribution in [1.29, 1.82) is 0 Å². The molecule has 40 heavy (non-hydrogen) atoms. The molecule has 0 radical (unpaired) electrons. The molecule has 2 N–H and O–H groups in total. The molecule has 9 heteroatoms. The van der Waals surface area contributed by atoms with E-state index in [1.165, 1.54) is 12.1 Å². The standard InChI is InChI=1S/C31H30N4O4S/c1-22-14-19-29(23(2)20-22)35(40(38,39)28-12-8-5-9-13-28)21-30(36)34-33-24(3)25-15-17-27(18-16-25)32-31(37)26-10-6-4-7-11-26/h4-20H,21H2,1-3H3,(H,32,37)(H,34,36)/b33-24+. The van der Waals surface area contributed by atoms with Crippen LogP contribution in [0.2, 0.25) is 0 Å². The summed E-state index contributed by atoms with van der Waals surface area (Å²) < 4.78 is 28.2. The predicted octanol–water partition coefficient (Wildman–Crippen LogP) is 5.29. The molecule has 0 spiro atoms. The van der Waals surface area contributed by atoms with Crippen molar-refractivity contribution in [3.8, 4) is 0 Å². The number of sulfonamides is 1. The molecule has 0 fully saturated rings. The fourth-order valence-corrected chi connectivity index (χ4v) is 5.58. The highest BCUT2D eigenvalue weighted by molar-refractivity contribution is 7.92. The molecule has 4 rings (SSSR count). The van der Waals surface area contributed by atoms with E-state index in [1.807, 2.05) is 32.0 Å². The molecular weight excluding hydrogens is 524 g/mol. The lowest BCUT2D eigenvalue weighted by Gasteiger charge is -2.25. The summed E-state index contributed by atoms with van der Waals surface area (Å²) in [5.41, 5.74) is 7.00. The number of hydrogen-bond acceptors (Lipinski definition) is 5. The molecular formula is C31H30N4O4S. The number of carbonyl (C=O) groups excluding carboxylic acids is 2. The van der Waals surface area contributed by atoms with E-state index in [-0.39, 0.29) is 10.8 Å². The first-order valence-electron chi connectivity index (χ1n) is 12.6. The number of hydrazone groups is 1. The van der Waals surface area contributed by atoms with Gasteiger partial charge in [0.05, 0.1) is 16.3 Å². The predicted molar refractivity (Wildman–Crippen MR) is 158 cm³/mol. The van der Waals surface area contributed by atoms with Crippen molar-refractivity contribution in [2.45, 2.75) is 25.7 Å². The summed E-state index contributed by atoms with van der Waals surface area (Å²) in [5.74, 6) is -0.810. The molecule has 0 atom stereocenters. The van der Waals surface area contributed by atoms with Crippen LogP contribution in [0.5, 0.6) is 0 Å². The third-order valence-corrected chi connectivity index (χ3v) is 7.96. The normalized spacial score (nSPS) is 11.5. The second-order valence-electron chi connectivity index (χ2n) is 9.24. The number of anilines is 2. The zero-order chi connectivity index (χ0) is 28.7. The van der Waals surface area contributed by atoms with E-state index in [1.54, 1.807) is 79.7 Å². The zero-order valence-electron chi connectivity index (χ0n) is 22.5. The average Bonchev–Trinajstić information content (AvgIpc) is 2.96. The molecule has 2 amide bonds. The van der Waals surface area contributed by atoms with Gasteiger partial charge in [0.15, 0.2) is 0 Å². The van der Waals surface area contributed by atoms with Crippen molar-refractivity contribution < 1.29 is 18.0 Å². The lowest BCUT2D eigenvalue weighted by atomic mass is 10.1. The number of benzene rings is 4. The molecule has 0 heterocycles. The number of nitrogens with zero attached hydrogens (tertiary/aromatic N) is 2. The number of nitrogens with one attached hydrogen (secondary N) is 2. The van der Waals surface area contributed by atoms with Gasteiger partial charge in [-0.15, -0.1) is 0 Å². The fourth-order valence-electron chi connectivity index (χ4n) is 4.07. The molecule has 4 aromatic rings. The van der Waals surface area contributed by atoms with Crippen molar-refractivity contribution in [2.75, 3.05) is 16.2 Å². The largest absolute Gasteiger partial charge is 0.322 e. The molecule has 0 saturated heterocycles. The smallest absolute Gasteiger partial charge is 0.264 e. The van der Waals surface area contributed by atoms with Gasteiger partial charge >= 0.3 is 0 Å². The minimum Gasteiger partial charge on any atom is -0.322 e. The molecule has 0 aliphatic carbocycles. The maximum Gasteiger partial charge on any atom is 0.264 e. The quantitative estimate of drug-likeness (QED) is 0.216. The topological polar surface area (TPSA) is 108 Å². The SMILES string of the molecule is C/C(=N\NC(=O)CN(c1ccc(C)cc1C)S(=O)(=O)c1ccccc1)c1ccc(NC(=O)c2ccccc2)cc1. The van der Waals surface area contributed by atoms with Crippen molar-refractivity contribution in [3.63, 3.8) is 0 Å². The second kappa shape index (κ2) is 12.4. The summed E-state index contributed by atoms with van der Waals surface area (Å²) in [7, 11) is -4.02. The third-order valence-electron chi connectivity index (χ3n) is 6.18. The minimum atomic E-state index is -4.02. The first-order chi connectivity index (χ1) is 19.1. The highest BCUT2D eigenvalue weighted by Crippen LogP contribution is 2.27. The van der Waals surface area contributed by atoms with Gasteiger partial charge in [0.2, 0.25) is 0 Å². The molecule has 8 nitrogen and oxygen atoms in total. The Kier molecular flexibility index (Phi) is 8.76. The van der Waals surface area contributed by atoms with Gasteiger partial charge in [-0.05, 0) is 74.4 Å². The van der Waals surface area contributed by atoms with Gasteiger partial charge in [-0.1, -0.05) is 66.2 Å². The first kappa shape index (κ1) is 28.3. The van der Waals surface area contributed by atoms with E-state index in [2.05, 4.69) is 15.8 Å². The molecule has 0 aromatic heterocycles. The van der Waals surface area contributed by atoms with Crippen molar-refractivity contribution in [2.24, 2.45) is 5.10 Å². The highest BCUT2D eigenvalue weighted by Gasteiger charge is 2.28. The Labute approximate surface area is 234 Å². The number of carbonyl (C=O) groups is 2. The molecule has 0 bridgehead atoms. The average molecular weight is 555 g/mol. The van der Waals surface area contributed by atoms with Crippen molar-refractivity contribution in [1.82, 2.24) is 5.43 Å². The van der Waals surface area contributed by atoms with Crippen LogP contribution in [0.1, 0.15) is 34.0 Å². The fraction of sp³-hybridized carbons (Fsp3) is 0.129. The lowest BCUT2D eigenvalue weighted by molar-refractivity contribution is -0.119. The van der Waals surface area contributed by atoms with Crippen molar-refractivity contribution >= 4 is 38.9 Å². The molecule has 0 unspecified atom stereocenters. The second-order valence-corrected chi connectivity index (χ2v) is 11.1. The molecule has 0 aliphatic rings. The Hall–Kier alpha value is -4.76. The summed E-state index contributed by atoms with van der Waals surface area (Å²) in [5, 5.41) is 7.02. The van der Waals surface area contributed by atoms with Gasteiger partial charge in [-0.25, -0.2) is 13.8 Å². The third kappa shape index (κ3) is 6.81. The van der Waals surface area contributed by atoms with Crippen LogP contribution in [0.3, 0.4) is 0 Å². The Morgan fingerprint density at radius 3 is 2.05 bits per heavy atom. The van der Waals surface area contributed by atoms with Gasteiger partial charge in [0, 0.05) is 11.3 Å². The van der Waals surface area contributed by atoms with Crippen LogP contribution in [0.25, 0.3) is 0 Å². The molecule has 204 valence electrons. The van der Waals surface area contributed by atoms with E-state index in [9.17, 15) is 18.0 Å². The van der Waals surface area contributed by atoms with Crippen LogP contribution in [-0.2, 0) is 14.8 Å². The molecule has 0 saturated carbocycles. The van der Waals surface area contributed by atoms with Crippen LogP contribution in [0, 0.1) is 13.8 Å². The number of hydrogen-bond donors (Lipinski definition) is 2.